The SMILES string of the molecule is CCC(C#N)(CCCN1C[C@@H](C)O[C@@H](C)C1)NC1CC1. The maximum Gasteiger partial charge on any atom is 0.106 e. The van der Waals surface area contributed by atoms with Gasteiger partial charge in [-0.2, -0.15) is 5.26 Å². The van der Waals surface area contributed by atoms with Gasteiger partial charge in [0.2, 0.25) is 0 Å². The topological polar surface area (TPSA) is 48.3 Å². The van der Waals surface area contributed by atoms with Crippen LogP contribution in [0.25, 0.3) is 0 Å². The van der Waals surface area contributed by atoms with Gasteiger partial charge in [-0.15, -0.1) is 0 Å². The second-order valence-electron chi connectivity index (χ2n) is 6.59. The van der Waals surface area contributed by atoms with E-state index in [9.17, 15) is 5.26 Å². The van der Waals surface area contributed by atoms with Crippen molar-refractivity contribution in [3.63, 3.8) is 0 Å². The molecule has 1 unspecified atom stereocenters. The lowest BCUT2D eigenvalue weighted by atomic mass is 9.91. The molecule has 0 spiro atoms. The predicted octanol–water partition coefficient (Wildman–Crippen LogP) is 2.30. The normalized spacial score (nSPS) is 30.7. The Bertz CT molecular complexity index is 340. The van der Waals surface area contributed by atoms with E-state index in [1.807, 2.05) is 0 Å². The molecule has 1 saturated carbocycles. The van der Waals surface area contributed by atoms with Crippen molar-refractivity contribution in [3.05, 3.63) is 0 Å². The van der Waals surface area contributed by atoms with Crippen LogP contribution < -0.4 is 5.32 Å². The minimum Gasteiger partial charge on any atom is -0.373 e. The van der Waals surface area contributed by atoms with Crippen LogP contribution in [-0.2, 0) is 4.74 Å². The molecular formula is C16H29N3O. The summed E-state index contributed by atoms with van der Waals surface area (Å²) < 4.78 is 5.76. The van der Waals surface area contributed by atoms with Gasteiger partial charge in [0.05, 0.1) is 18.3 Å². The summed E-state index contributed by atoms with van der Waals surface area (Å²) in [6.07, 6.45) is 6.07. The molecule has 1 saturated heterocycles. The van der Waals surface area contributed by atoms with Gasteiger partial charge in [-0.05, 0) is 52.5 Å². The zero-order chi connectivity index (χ0) is 14.6. The summed E-state index contributed by atoms with van der Waals surface area (Å²) >= 11 is 0. The first kappa shape index (κ1) is 15.8. The molecular weight excluding hydrogens is 250 g/mol. The van der Waals surface area contributed by atoms with Crippen LogP contribution in [-0.4, -0.2) is 48.3 Å². The minimum absolute atomic E-state index is 0.301. The Morgan fingerprint density at radius 3 is 2.45 bits per heavy atom. The number of hydrogen-bond acceptors (Lipinski definition) is 4. The van der Waals surface area contributed by atoms with Gasteiger partial charge >= 0.3 is 0 Å². The summed E-state index contributed by atoms with van der Waals surface area (Å²) in [7, 11) is 0. The fraction of sp³-hybridized carbons (Fsp3) is 0.938. The Morgan fingerprint density at radius 2 is 1.95 bits per heavy atom. The average Bonchev–Trinajstić information content (AvgIpc) is 3.20. The largest absolute Gasteiger partial charge is 0.373 e. The van der Waals surface area contributed by atoms with Crippen LogP contribution in [0.1, 0.15) is 52.9 Å². The second-order valence-corrected chi connectivity index (χ2v) is 6.59. The van der Waals surface area contributed by atoms with Gasteiger partial charge < -0.3 is 4.74 Å². The highest BCUT2D eigenvalue weighted by Gasteiger charge is 2.34. The van der Waals surface area contributed by atoms with Crippen LogP contribution in [0.3, 0.4) is 0 Å². The highest BCUT2D eigenvalue weighted by atomic mass is 16.5. The molecule has 0 aromatic heterocycles. The van der Waals surface area contributed by atoms with Crippen LogP contribution in [0.15, 0.2) is 0 Å². The number of ether oxygens (including phenoxy) is 1. The monoisotopic (exact) mass is 279 g/mol. The van der Waals surface area contributed by atoms with E-state index in [1.54, 1.807) is 0 Å². The van der Waals surface area contributed by atoms with Crippen LogP contribution in [0.4, 0.5) is 0 Å². The van der Waals surface area contributed by atoms with Crippen molar-refractivity contribution in [2.75, 3.05) is 19.6 Å². The van der Waals surface area contributed by atoms with Crippen molar-refractivity contribution in [2.24, 2.45) is 0 Å². The van der Waals surface area contributed by atoms with Crippen molar-refractivity contribution in [3.8, 4) is 6.07 Å². The summed E-state index contributed by atoms with van der Waals surface area (Å²) in [5.74, 6) is 0. The van der Waals surface area contributed by atoms with E-state index in [1.165, 1.54) is 12.8 Å². The molecule has 0 aromatic rings. The lowest BCUT2D eigenvalue weighted by Crippen LogP contribution is -2.47. The highest BCUT2D eigenvalue weighted by molar-refractivity contribution is 5.09. The van der Waals surface area contributed by atoms with Crippen LogP contribution >= 0.6 is 0 Å². The zero-order valence-electron chi connectivity index (χ0n) is 13.2. The summed E-state index contributed by atoms with van der Waals surface area (Å²) in [5.41, 5.74) is -0.301. The molecule has 1 aliphatic carbocycles. The number of hydrogen-bond donors (Lipinski definition) is 1. The Kier molecular flexibility index (Phi) is 5.42. The van der Waals surface area contributed by atoms with E-state index >= 15 is 0 Å². The first-order valence-electron chi connectivity index (χ1n) is 8.13. The third-order valence-corrected chi connectivity index (χ3v) is 4.45. The van der Waals surface area contributed by atoms with Crippen molar-refractivity contribution < 1.29 is 4.74 Å². The fourth-order valence-electron chi connectivity index (χ4n) is 3.21. The Hall–Kier alpha value is -0.630. The van der Waals surface area contributed by atoms with Crippen LogP contribution in [0, 0.1) is 11.3 Å². The maximum absolute atomic E-state index is 9.53. The van der Waals surface area contributed by atoms with Crippen molar-refractivity contribution in [2.45, 2.75) is 76.7 Å². The van der Waals surface area contributed by atoms with Gasteiger partial charge in [0.1, 0.15) is 5.54 Å². The quantitative estimate of drug-likeness (QED) is 0.777. The molecule has 0 bridgehead atoms. The van der Waals surface area contributed by atoms with E-state index in [0.29, 0.717) is 18.2 Å². The number of nitriles is 1. The van der Waals surface area contributed by atoms with E-state index in [4.69, 9.17) is 4.74 Å². The standard InChI is InChI=1S/C16H29N3O/c1-4-16(12-17,18-15-6-7-15)8-5-9-19-10-13(2)20-14(3)11-19/h13-15,18H,4-11H2,1-3H3/t13-,14+,16?. The molecule has 1 heterocycles. The van der Waals surface area contributed by atoms with E-state index in [2.05, 4.69) is 37.1 Å². The molecule has 1 N–H and O–H groups in total. The van der Waals surface area contributed by atoms with Gasteiger partial charge in [0.15, 0.2) is 0 Å². The van der Waals surface area contributed by atoms with E-state index < -0.39 is 0 Å². The number of morpholine rings is 1. The van der Waals surface area contributed by atoms with Gasteiger partial charge in [-0.3, -0.25) is 10.2 Å². The Morgan fingerprint density at radius 1 is 1.30 bits per heavy atom. The summed E-state index contributed by atoms with van der Waals surface area (Å²) in [4.78, 5) is 2.48. The van der Waals surface area contributed by atoms with Gasteiger partial charge in [-0.1, -0.05) is 6.92 Å². The molecule has 2 aliphatic rings. The third-order valence-electron chi connectivity index (χ3n) is 4.45. The van der Waals surface area contributed by atoms with Crippen molar-refractivity contribution in [1.29, 1.82) is 5.26 Å². The third kappa shape index (κ3) is 4.44. The molecule has 4 nitrogen and oxygen atoms in total. The second kappa shape index (κ2) is 6.89. The molecule has 3 atom stereocenters. The zero-order valence-corrected chi connectivity index (χ0v) is 13.2. The minimum atomic E-state index is -0.301. The van der Waals surface area contributed by atoms with Crippen LogP contribution in [0.5, 0.6) is 0 Å². The van der Waals surface area contributed by atoms with Gasteiger partial charge in [0, 0.05) is 19.1 Å². The number of nitrogens with one attached hydrogen (secondary N) is 1. The first-order valence-corrected chi connectivity index (χ1v) is 8.13. The summed E-state index contributed by atoms with van der Waals surface area (Å²) in [6.45, 7) is 9.52. The van der Waals surface area contributed by atoms with Crippen molar-refractivity contribution in [1.82, 2.24) is 10.2 Å². The molecule has 4 heteroatoms. The molecule has 1 aliphatic heterocycles. The fourth-order valence-corrected chi connectivity index (χ4v) is 3.21. The van der Waals surface area contributed by atoms with Gasteiger partial charge in [0.25, 0.3) is 0 Å². The molecule has 2 fully saturated rings. The lowest BCUT2D eigenvalue weighted by molar-refractivity contribution is -0.0683. The predicted molar refractivity (Wildman–Crippen MR) is 80.5 cm³/mol. The Balaban J connectivity index is 1.76. The molecule has 0 radical (unpaired) electrons. The summed E-state index contributed by atoms with van der Waals surface area (Å²) in [6, 6.07) is 3.13. The van der Waals surface area contributed by atoms with Crippen molar-refractivity contribution >= 4 is 0 Å². The molecule has 0 aromatic carbocycles. The Labute approximate surface area is 123 Å². The van der Waals surface area contributed by atoms with Crippen LogP contribution in [0.2, 0.25) is 0 Å². The molecule has 0 amide bonds. The highest BCUT2D eigenvalue weighted by Crippen LogP contribution is 2.26. The summed E-state index contributed by atoms with van der Waals surface area (Å²) in [5, 5.41) is 13.1. The van der Waals surface area contributed by atoms with Gasteiger partial charge in [-0.25, -0.2) is 0 Å². The molecule has 2 rings (SSSR count). The smallest absolute Gasteiger partial charge is 0.106 e. The maximum atomic E-state index is 9.53. The number of nitrogens with zero attached hydrogens (tertiary/aromatic N) is 2. The number of rotatable bonds is 7. The van der Waals surface area contributed by atoms with E-state index in [-0.39, 0.29) is 5.54 Å². The molecule has 20 heavy (non-hydrogen) atoms. The average molecular weight is 279 g/mol. The first-order chi connectivity index (χ1) is 9.57. The molecule has 114 valence electrons. The van der Waals surface area contributed by atoms with E-state index in [0.717, 1.165) is 38.9 Å². The lowest BCUT2D eigenvalue weighted by Gasteiger charge is -2.36.